The molecule has 1 rings (SSSR count). The Bertz CT molecular complexity index is 132. The summed E-state index contributed by atoms with van der Waals surface area (Å²) in [5, 5.41) is 0. The Hall–Kier alpha value is -0.0800. The SMILES string of the molecule is CCN(CC)CC.COC1CCC(C)CC1. The lowest BCUT2D eigenvalue weighted by molar-refractivity contribution is 0.0593. The van der Waals surface area contributed by atoms with Crippen LogP contribution in [0.1, 0.15) is 53.4 Å². The summed E-state index contributed by atoms with van der Waals surface area (Å²) in [6.45, 7) is 12.5. The molecular formula is C14H31NO. The molecule has 0 saturated heterocycles. The van der Waals surface area contributed by atoms with E-state index >= 15 is 0 Å². The fourth-order valence-corrected chi connectivity index (χ4v) is 2.14. The van der Waals surface area contributed by atoms with Crippen molar-refractivity contribution in [3.63, 3.8) is 0 Å². The van der Waals surface area contributed by atoms with Crippen molar-refractivity contribution in [2.75, 3.05) is 26.7 Å². The summed E-state index contributed by atoms with van der Waals surface area (Å²) in [4.78, 5) is 2.38. The molecule has 1 saturated carbocycles. The van der Waals surface area contributed by atoms with Crippen LogP contribution in [-0.2, 0) is 4.74 Å². The van der Waals surface area contributed by atoms with E-state index in [0.29, 0.717) is 6.10 Å². The van der Waals surface area contributed by atoms with Crippen LogP contribution in [0.4, 0.5) is 0 Å². The highest BCUT2D eigenvalue weighted by Crippen LogP contribution is 2.24. The fraction of sp³-hybridized carbons (Fsp3) is 1.00. The largest absolute Gasteiger partial charge is 0.381 e. The van der Waals surface area contributed by atoms with Gasteiger partial charge in [0.1, 0.15) is 0 Å². The van der Waals surface area contributed by atoms with Crippen LogP contribution in [0.3, 0.4) is 0 Å². The molecule has 0 unspecified atom stereocenters. The lowest BCUT2D eigenvalue weighted by Crippen LogP contribution is -2.21. The summed E-state index contributed by atoms with van der Waals surface area (Å²) in [6.07, 6.45) is 5.84. The Morgan fingerprint density at radius 3 is 1.62 bits per heavy atom. The van der Waals surface area contributed by atoms with Gasteiger partial charge in [-0.1, -0.05) is 27.7 Å². The third-order valence-electron chi connectivity index (χ3n) is 3.64. The first kappa shape index (κ1) is 15.9. The molecule has 1 aliphatic carbocycles. The third kappa shape index (κ3) is 7.24. The molecule has 2 nitrogen and oxygen atoms in total. The molecule has 1 aliphatic rings. The average Bonchev–Trinajstić information content (AvgIpc) is 2.33. The second kappa shape index (κ2) is 10.1. The van der Waals surface area contributed by atoms with E-state index in [0.717, 1.165) is 5.92 Å². The number of nitrogens with zero attached hydrogens (tertiary/aromatic N) is 1. The molecule has 2 heteroatoms. The van der Waals surface area contributed by atoms with Crippen LogP contribution in [-0.4, -0.2) is 37.7 Å². The van der Waals surface area contributed by atoms with E-state index in [4.69, 9.17) is 4.74 Å². The summed E-state index contributed by atoms with van der Waals surface area (Å²) in [5.74, 6) is 0.941. The first-order valence-electron chi connectivity index (χ1n) is 6.92. The molecule has 0 aromatic rings. The number of methoxy groups -OCH3 is 1. The predicted molar refractivity (Wildman–Crippen MR) is 71.9 cm³/mol. The molecule has 0 N–H and O–H groups in total. The molecule has 98 valence electrons. The highest BCUT2D eigenvalue weighted by molar-refractivity contribution is 4.68. The number of hydrogen-bond acceptors (Lipinski definition) is 2. The molecule has 0 heterocycles. The predicted octanol–water partition coefficient (Wildman–Crippen LogP) is 3.56. The van der Waals surface area contributed by atoms with Crippen LogP contribution in [0, 0.1) is 5.92 Å². The molecule has 1 fully saturated rings. The smallest absolute Gasteiger partial charge is 0.0571 e. The Kier molecular flexibility index (Phi) is 10.0. The van der Waals surface area contributed by atoms with Crippen LogP contribution in [0.2, 0.25) is 0 Å². The standard InChI is InChI=1S/C8H16O.C6H15N/c1-7-3-5-8(9-2)6-4-7;1-4-7(5-2)6-3/h7-8H,3-6H2,1-2H3;4-6H2,1-3H3. The Labute approximate surface area is 102 Å². The zero-order valence-electron chi connectivity index (χ0n) is 12.0. The van der Waals surface area contributed by atoms with Crippen molar-refractivity contribution < 1.29 is 4.74 Å². The van der Waals surface area contributed by atoms with E-state index in [2.05, 4.69) is 32.6 Å². The maximum Gasteiger partial charge on any atom is 0.0571 e. The first-order valence-corrected chi connectivity index (χ1v) is 6.92. The van der Waals surface area contributed by atoms with Gasteiger partial charge in [-0.3, -0.25) is 0 Å². The van der Waals surface area contributed by atoms with Gasteiger partial charge in [-0.2, -0.15) is 0 Å². The van der Waals surface area contributed by atoms with Crippen LogP contribution >= 0.6 is 0 Å². The van der Waals surface area contributed by atoms with Crippen molar-refractivity contribution in [1.29, 1.82) is 0 Å². The van der Waals surface area contributed by atoms with Gasteiger partial charge in [-0.15, -0.1) is 0 Å². The van der Waals surface area contributed by atoms with Gasteiger partial charge in [0.05, 0.1) is 6.10 Å². The second-order valence-electron chi connectivity index (χ2n) is 4.74. The fourth-order valence-electron chi connectivity index (χ4n) is 2.14. The van der Waals surface area contributed by atoms with Gasteiger partial charge in [0.25, 0.3) is 0 Å². The maximum atomic E-state index is 5.24. The van der Waals surface area contributed by atoms with Crippen molar-refractivity contribution in [3.8, 4) is 0 Å². The van der Waals surface area contributed by atoms with Crippen LogP contribution < -0.4 is 0 Å². The topological polar surface area (TPSA) is 12.5 Å². The van der Waals surface area contributed by atoms with Crippen molar-refractivity contribution in [1.82, 2.24) is 4.90 Å². The Balaban J connectivity index is 0.000000293. The van der Waals surface area contributed by atoms with Crippen molar-refractivity contribution in [3.05, 3.63) is 0 Å². The first-order chi connectivity index (χ1) is 7.67. The number of rotatable bonds is 4. The third-order valence-corrected chi connectivity index (χ3v) is 3.64. The molecule has 0 aliphatic heterocycles. The minimum atomic E-state index is 0.571. The van der Waals surface area contributed by atoms with E-state index in [9.17, 15) is 0 Å². The lowest BCUT2D eigenvalue weighted by Gasteiger charge is -2.24. The molecule has 0 bridgehead atoms. The van der Waals surface area contributed by atoms with Crippen LogP contribution in [0.25, 0.3) is 0 Å². The highest BCUT2D eigenvalue weighted by atomic mass is 16.5. The van der Waals surface area contributed by atoms with Crippen molar-refractivity contribution in [2.45, 2.75) is 59.5 Å². The van der Waals surface area contributed by atoms with Gasteiger partial charge in [0.15, 0.2) is 0 Å². The molecule has 0 radical (unpaired) electrons. The van der Waals surface area contributed by atoms with E-state index in [1.54, 1.807) is 0 Å². The normalized spacial score (nSPS) is 25.1. The summed E-state index contributed by atoms with van der Waals surface area (Å²) >= 11 is 0. The van der Waals surface area contributed by atoms with Gasteiger partial charge in [0, 0.05) is 7.11 Å². The minimum Gasteiger partial charge on any atom is -0.381 e. The molecule has 0 spiro atoms. The second-order valence-corrected chi connectivity index (χ2v) is 4.74. The van der Waals surface area contributed by atoms with E-state index in [1.165, 1.54) is 45.3 Å². The summed E-state index contributed by atoms with van der Waals surface area (Å²) in [6, 6.07) is 0. The van der Waals surface area contributed by atoms with Gasteiger partial charge >= 0.3 is 0 Å². The quantitative estimate of drug-likeness (QED) is 0.731. The van der Waals surface area contributed by atoms with Crippen molar-refractivity contribution >= 4 is 0 Å². The zero-order chi connectivity index (χ0) is 12.4. The Morgan fingerprint density at radius 2 is 1.38 bits per heavy atom. The molecule has 16 heavy (non-hydrogen) atoms. The highest BCUT2D eigenvalue weighted by Gasteiger charge is 2.16. The summed E-state index contributed by atoms with van der Waals surface area (Å²) < 4.78 is 5.24. The van der Waals surface area contributed by atoms with Crippen LogP contribution in [0.5, 0.6) is 0 Å². The average molecular weight is 229 g/mol. The van der Waals surface area contributed by atoms with Gasteiger partial charge in [0.2, 0.25) is 0 Å². The van der Waals surface area contributed by atoms with Gasteiger partial charge in [-0.25, -0.2) is 0 Å². The van der Waals surface area contributed by atoms with Crippen LogP contribution in [0.15, 0.2) is 0 Å². The molecule has 0 aromatic heterocycles. The zero-order valence-corrected chi connectivity index (χ0v) is 12.0. The lowest BCUT2D eigenvalue weighted by atomic mass is 9.89. The van der Waals surface area contributed by atoms with Gasteiger partial charge < -0.3 is 9.64 Å². The molecule has 0 amide bonds. The molecule has 0 atom stereocenters. The van der Waals surface area contributed by atoms with Gasteiger partial charge in [-0.05, 0) is 51.2 Å². The summed E-state index contributed by atoms with van der Waals surface area (Å²) in [7, 11) is 1.82. The van der Waals surface area contributed by atoms with E-state index in [-0.39, 0.29) is 0 Å². The summed E-state index contributed by atoms with van der Waals surface area (Å²) in [5.41, 5.74) is 0. The van der Waals surface area contributed by atoms with E-state index in [1.807, 2.05) is 7.11 Å². The maximum absolute atomic E-state index is 5.24. The molecule has 0 aromatic carbocycles. The van der Waals surface area contributed by atoms with E-state index < -0.39 is 0 Å². The number of ether oxygens (including phenoxy) is 1. The monoisotopic (exact) mass is 229 g/mol. The minimum absolute atomic E-state index is 0.571. The van der Waals surface area contributed by atoms with Crippen molar-refractivity contribution in [2.24, 2.45) is 5.92 Å². The number of hydrogen-bond donors (Lipinski definition) is 0. The Morgan fingerprint density at radius 1 is 0.938 bits per heavy atom. The molecular weight excluding hydrogens is 198 g/mol.